The van der Waals surface area contributed by atoms with E-state index in [0.717, 1.165) is 17.2 Å². The molecule has 202 valence electrons. The molecule has 1 heterocycles. The number of hydrogen-bond donors (Lipinski definition) is 1. The number of carboxylic acid groups (broad SMARTS) is 1. The maximum atomic E-state index is 13.9. The Balaban J connectivity index is 1.89. The van der Waals surface area contributed by atoms with E-state index in [1.54, 1.807) is 19.1 Å². The Morgan fingerprint density at radius 3 is 2.46 bits per heavy atom. The van der Waals surface area contributed by atoms with Gasteiger partial charge in [-0.15, -0.1) is 0 Å². The Kier molecular flexibility index (Phi) is 8.17. The highest BCUT2D eigenvalue weighted by Crippen LogP contribution is 2.41. The third-order valence-electron chi connectivity index (χ3n) is 5.56. The summed E-state index contributed by atoms with van der Waals surface area (Å²) in [4.78, 5) is 30.8. The van der Waals surface area contributed by atoms with E-state index in [1.807, 2.05) is 0 Å². The summed E-state index contributed by atoms with van der Waals surface area (Å²) < 4.78 is 47.1. The summed E-state index contributed by atoms with van der Waals surface area (Å²) in [5, 5.41) is 14.4. The van der Waals surface area contributed by atoms with Crippen LogP contribution in [0.3, 0.4) is 0 Å². The number of hydroxylamine groups is 2. The van der Waals surface area contributed by atoms with Crippen LogP contribution in [0.5, 0.6) is 5.75 Å². The third kappa shape index (κ3) is 6.18. The number of carboxylic acids is 1. The van der Waals surface area contributed by atoms with Gasteiger partial charge in [-0.05, 0) is 42.8 Å². The Hall–Kier alpha value is -4.02. The van der Waals surface area contributed by atoms with Crippen LogP contribution in [0.25, 0.3) is 22.6 Å². The van der Waals surface area contributed by atoms with Crippen LogP contribution < -0.4 is 4.84 Å². The maximum absolute atomic E-state index is 13.9. The van der Waals surface area contributed by atoms with E-state index >= 15 is 0 Å². The molecule has 1 aromatic heterocycles. The van der Waals surface area contributed by atoms with Gasteiger partial charge in [0.05, 0.1) is 23.6 Å². The van der Waals surface area contributed by atoms with E-state index in [9.17, 15) is 27.9 Å². The monoisotopic (exact) mass is 578 g/mol. The molecule has 7 nitrogen and oxygen atoms in total. The fraction of sp³-hybridized carbons (Fsp3) is 0.148. The van der Waals surface area contributed by atoms with Crippen molar-refractivity contribution in [3.63, 3.8) is 0 Å². The number of aromatic nitrogens is 1. The van der Waals surface area contributed by atoms with Crippen LogP contribution in [0.1, 0.15) is 28.4 Å². The van der Waals surface area contributed by atoms with Crippen LogP contribution in [0.4, 0.5) is 13.2 Å². The summed E-state index contributed by atoms with van der Waals surface area (Å²) in [6, 6.07) is 15.0. The first-order valence-electron chi connectivity index (χ1n) is 11.4. The van der Waals surface area contributed by atoms with Crippen molar-refractivity contribution < 1.29 is 37.2 Å². The molecule has 3 aromatic carbocycles. The predicted molar refractivity (Wildman–Crippen MR) is 138 cm³/mol. The van der Waals surface area contributed by atoms with Crippen molar-refractivity contribution in [3.8, 4) is 28.3 Å². The molecule has 0 fully saturated rings. The Morgan fingerprint density at radius 2 is 1.79 bits per heavy atom. The fourth-order valence-corrected chi connectivity index (χ4v) is 4.29. The molecule has 0 aliphatic rings. The molecule has 0 aliphatic carbocycles. The summed E-state index contributed by atoms with van der Waals surface area (Å²) in [7, 11) is 0. The number of aliphatic carboxylic acids is 1. The molecule has 0 unspecified atom stereocenters. The van der Waals surface area contributed by atoms with Gasteiger partial charge in [0.25, 0.3) is 5.91 Å². The van der Waals surface area contributed by atoms with E-state index in [0.29, 0.717) is 10.6 Å². The van der Waals surface area contributed by atoms with E-state index in [-0.39, 0.29) is 40.6 Å². The lowest BCUT2D eigenvalue weighted by molar-refractivity contribution is -0.137. The van der Waals surface area contributed by atoms with E-state index in [1.165, 1.54) is 42.5 Å². The number of rotatable bonds is 8. The minimum absolute atomic E-state index is 0.0399. The van der Waals surface area contributed by atoms with Gasteiger partial charge in [0.1, 0.15) is 11.3 Å². The zero-order valence-electron chi connectivity index (χ0n) is 20.1. The standard InChI is InChI=1S/C27H19Cl2F3N2O5/c1-2-34(39-21-11-10-17(28)14-20(21)29)26(37)23-24(16-7-5-6-15(12-16)13-22(35)36)33-38-25(23)18-8-3-4-9-19(18)27(30,31)32/h3-12,14H,2,13H2,1H3,(H,35,36). The number of hydrogen-bond acceptors (Lipinski definition) is 5. The van der Waals surface area contributed by atoms with Gasteiger partial charge in [0.15, 0.2) is 11.5 Å². The SMILES string of the molecule is CCN(Oc1ccc(Cl)cc1Cl)C(=O)c1c(-c2cccc(CC(=O)O)c2)noc1-c1ccccc1C(F)(F)F. The molecular formula is C27H19Cl2F3N2O5. The summed E-state index contributed by atoms with van der Waals surface area (Å²) in [5.74, 6) is -2.31. The van der Waals surface area contributed by atoms with Crippen LogP contribution in [0, 0.1) is 0 Å². The molecular weight excluding hydrogens is 560 g/mol. The van der Waals surface area contributed by atoms with Crippen molar-refractivity contribution in [1.82, 2.24) is 10.2 Å². The Bertz CT molecular complexity index is 1540. The fourth-order valence-electron chi connectivity index (χ4n) is 3.84. The lowest BCUT2D eigenvalue weighted by Crippen LogP contribution is -2.34. The molecule has 0 saturated heterocycles. The molecule has 39 heavy (non-hydrogen) atoms. The van der Waals surface area contributed by atoms with E-state index in [4.69, 9.17) is 32.6 Å². The summed E-state index contributed by atoms with van der Waals surface area (Å²) in [6.45, 7) is 1.55. The molecule has 0 radical (unpaired) electrons. The summed E-state index contributed by atoms with van der Waals surface area (Å²) in [6.07, 6.45) is -5.08. The normalized spacial score (nSPS) is 11.3. The molecule has 4 rings (SSSR count). The highest BCUT2D eigenvalue weighted by Gasteiger charge is 2.37. The molecule has 1 N–H and O–H groups in total. The van der Waals surface area contributed by atoms with Gasteiger partial charge in [-0.3, -0.25) is 9.59 Å². The molecule has 0 atom stereocenters. The number of benzene rings is 3. The van der Waals surface area contributed by atoms with Crippen molar-refractivity contribution in [2.75, 3.05) is 6.54 Å². The minimum Gasteiger partial charge on any atom is -0.481 e. The van der Waals surface area contributed by atoms with Crippen molar-refractivity contribution in [1.29, 1.82) is 0 Å². The van der Waals surface area contributed by atoms with Crippen LogP contribution in [-0.4, -0.2) is 33.7 Å². The Morgan fingerprint density at radius 1 is 1.05 bits per heavy atom. The largest absolute Gasteiger partial charge is 0.481 e. The van der Waals surface area contributed by atoms with Crippen LogP contribution in [0.2, 0.25) is 10.0 Å². The van der Waals surface area contributed by atoms with Crippen molar-refractivity contribution in [2.24, 2.45) is 0 Å². The highest BCUT2D eigenvalue weighted by molar-refractivity contribution is 6.35. The second-order valence-electron chi connectivity index (χ2n) is 8.22. The average molecular weight is 579 g/mol. The summed E-state index contributed by atoms with van der Waals surface area (Å²) >= 11 is 12.1. The molecule has 0 bridgehead atoms. The van der Waals surface area contributed by atoms with Gasteiger partial charge in [0, 0.05) is 16.1 Å². The van der Waals surface area contributed by atoms with Gasteiger partial charge in [-0.2, -0.15) is 18.2 Å². The quantitative estimate of drug-likeness (QED) is 0.219. The first-order chi connectivity index (χ1) is 18.5. The first kappa shape index (κ1) is 28.0. The van der Waals surface area contributed by atoms with Crippen molar-refractivity contribution in [3.05, 3.63) is 93.5 Å². The summed E-state index contributed by atoms with van der Waals surface area (Å²) in [5.41, 5.74) is -1.21. The lowest BCUT2D eigenvalue weighted by Gasteiger charge is -2.22. The van der Waals surface area contributed by atoms with Crippen molar-refractivity contribution >= 4 is 35.1 Å². The zero-order valence-corrected chi connectivity index (χ0v) is 21.6. The van der Waals surface area contributed by atoms with Gasteiger partial charge >= 0.3 is 12.1 Å². The van der Waals surface area contributed by atoms with Crippen molar-refractivity contribution in [2.45, 2.75) is 19.5 Å². The van der Waals surface area contributed by atoms with E-state index in [2.05, 4.69) is 5.16 Å². The van der Waals surface area contributed by atoms with E-state index < -0.39 is 34.9 Å². The maximum Gasteiger partial charge on any atom is 0.417 e. The minimum atomic E-state index is -4.76. The highest BCUT2D eigenvalue weighted by atomic mass is 35.5. The Labute approximate surface area is 230 Å². The number of carbonyl (C=O) groups is 2. The average Bonchev–Trinajstić information content (AvgIpc) is 3.32. The lowest BCUT2D eigenvalue weighted by atomic mass is 9.97. The van der Waals surface area contributed by atoms with Crippen LogP contribution in [0.15, 0.2) is 71.3 Å². The van der Waals surface area contributed by atoms with Gasteiger partial charge in [-0.1, -0.05) is 64.8 Å². The third-order valence-corrected chi connectivity index (χ3v) is 6.09. The molecule has 1 amide bonds. The molecule has 0 spiro atoms. The molecule has 0 aliphatic heterocycles. The number of nitrogens with zero attached hydrogens (tertiary/aromatic N) is 2. The van der Waals surface area contributed by atoms with Gasteiger partial charge in [-0.25, -0.2) is 0 Å². The van der Waals surface area contributed by atoms with Crippen LogP contribution >= 0.6 is 23.2 Å². The van der Waals surface area contributed by atoms with Gasteiger partial charge in [0.2, 0.25) is 0 Å². The van der Waals surface area contributed by atoms with Crippen LogP contribution in [-0.2, 0) is 17.4 Å². The first-order valence-corrected chi connectivity index (χ1v) is 12.2. The molecule has 4 aromatic rings. The topological polar surface area (TPSA) is 92.9 Å². The smallest absolute Gasteiger partial charge is 0.417 e. The molecule has 0 saturated carbocycles. The number of amides is 1. The van der Waals surface area contributed by atoms with Gasteiger partial charge < -0.3 is 14.5 Å². The molecule has 12 heteroatoms. The number of alkyl halides is 3. The number of halogens is 5. The second kappa shape index (κ2) is 11.4. The predicted octanol–water partition coefficient (Wildman–Crippen LogP) is 7.42. The number of carbonyl (C=O) groups excluding carboxylic acids is 1. The second-order valence-corrected chi connectivity index (χ2v) is 9.06. The zero-order chi connectivity index (χ0) is 28.3.